The van der Waals surface area contributed by atoms with E-state index in [0.717, 1.165) is 25.7 Å². The van der Waals surface area contributed by atoms with Gasteiger partial charge in [0.2, 0.25) is 0 Å². The highest BCUT2D eigenvalue weighted by atomic mass is 16.3. The van der Waals surface area contributed by atoms with Crippen molar-refractivity contribution >= 4 is 5.91 Å². The van der Waals surface area contributed by atoms with Crippen LogP contribution in [-0.2, 0) is 11.8 Å². The summed E-state index contributed by atoms with van der Waals surface area (Å²) in [7, 11) is 0. The molecule has 0 spiro atoms. The van der Waals surface area contributed by atoms with E-state index in [9.17, 15) is 15.0 Å². The van der Waals surface area contributed by atoms with Crippen LogP contribution in [0.1, 0.15) is 86.3 Å². The Kier molecular flexibility index (Phi) is 5.53. The molecule has 2 aromatic carbocycles. The first kappa shape index (κ1) is 21.7. The number of phenolic OH excluding ortho intramolecular Hbond substituents is 2. The maximum Gasteiger partial charge on any atom is 0.251 e. The van der Waals surface area contributed by atoms with Crippen LogP contribution in [-0.4, -0.2) is 22.7 Å². The third-order valence-corrected chi connectivity index (χ3v) is 8.06. The van der Waals surface area contributed by atoms with E-state index in [-0.39, 0.29) is 28.2 Å². The predicted octanol–water partition coefficient (Wildman–Crippen LogP) is 5.66. The Balaban J connectivity index is 1.55. The number of rotatable bonds is 4. The zero-order chi connectivity index (χ0) is 22.4. The van der Waals surface area contributed by atoms with Crippen molar-refractivity contribution in [1.29, 1.82) is 0 Å². The molecule has 2 aliphatic carbocycles. The molecule has 1 fully saturated rings. The molecule has 2 aliphatic rings. The second-order valence-corrected chi connectivity index (χ2v) is 10.5. The fourth-order valence-electron chi connectivity index (χ4n) is 6.26. The SMILES string of the molecule is CC(C)c1ccc2c(c1)CC[C@H]1[C@](C)(CNC(=O)c3ccc(O)c(O)c3)CCC[C@]21C. The summed E-state index contributed by atoms with van der Waals surface area (Å²) < 4.78 is 0. The number of aryl methyl sites for hydroxylation is 1. The molecule has 0 bridgehead atoms. The smallest absolute Gasteiger partial charge is 0.251 e. The van der Waals surface area contributed by atoms with Crippen molar-refractivity contribution in [3.05, 3.63) is 58.7 Å². The molecule has 2 aromatic rings. The van der Waals surface area contributed by atoms with Crippen LogP contribution < -0.4 is 5.32 Å². The molecule has 3 atom stereocenters. The molecule has 4 rings (SSSR count). The van der Waals surface area contributed by atoms with Crippen LogP contribution in [0, 0.1) is 11.3 Å². The summed E-state index contributed by atoms with van der Waals surface area (Å²) >= 11 is 0. The number of aromatic hydroxyl groups is 2. The molecule has 4 heteroatoms. The first-order valence-corrected chi connectivity index (χ1v) is 11.6. The van der Waals surface area contributed by atoms with Crippen molar-refractivity contribution < 1.29 is 15.0 Å². The van der Waals surface area contributed by atoms with Gasteiger partial charge in [-0.15, -0.1) is 0 Å². The fraction of sp³-hybridized carbons (Fsp3) is 0.519. The van der Waals surface area contributed by atoms with E-state index in [1.54, 1.807) is 6.07 Å². The monoisotopic (exact) mass is 421 g/mol. The third-order valence-electron chi connectivity index (χ3n) is 8.06. The molecule has 1 saturated carbocycles. The first-order chi connectivity index (χ1) is 14.6. The van der Waals surface area contributed by atoms with Crippen molar-refractivity contribution in [2.45, 2.75) is 71.1 Å². The van der Waals surface area contributed by atoms with Gasteiger partial charge < -0.3 is 15.5 Å². The van der Waals surface area contributed by atoms with E-state index >= 15 is 0 Å². The lowest BCUT2D eigenvalue weighted by molar-refractivity contribution is 0.0254. The van der Waals surface area contributed by atoms with Gasteiger partial charge in [-0.1, -0.05) is 52.3 Å². The standard InChI is InChI=1S/C27H35NO3/c1-17(2)18-6-9-21-19(14-18)8-11-24-26(3,12-5-13-27(21,24)4)16-28-25(31)20-7-10-22(29)23(30)15-20/h6-7,9-10,14-15,17,24,29-30H,5,8,11-13,16H2,1-4H3,(H,28,31)/t24-,26-,27+/m0/s1. The highest BCUT2D eigenvalue weighted by Crippen LogP contribution is 2.57. The minimum absolute atomic E-state index is 0.0238. The van der Waals surface area contributed by atoms with Crippen LogP contribution in [0.25, 0.3) is 0 Å². The summed E-state index contributed by atoms with van der Waals surface area (Å²) in [5.74, 6) is 0.366. The lowest BCUT2D eigenvalue weighted by Gasteiger charge is -2.55. The van der Waals surface area contributed by atoms with Crippen molar-refractivity contribution in [3.63, 3.8) is 0 Å². The number of fused-ring (bicyclic) bond motifs is 3. The summed E-state index contributed by atoms with van der Waals surface area (Å²) in [6.07, 6.45) is 5.71. The predicted molar refractivity (Wildman–Crippen MR) is 124 cm³/mol. The van der Waals surface area contributed by atoms with Crippen LogP contribution in [0.4, 0.5) is 0 Å². The van der Waals surface area contributed by atoms with Crippen LogP contribution in [0.3, 0.4) is 0 Å². The van der Waals surface area contributed by atoms with Gasteiger partial charge in [-0.25, -0.2) is 0 Å². The number of phenols is 2. The number of carbonyl (C=O) groups excluding carboxylic acids is 1. The molecule has 0 heterocycles. The van der Waals surface area contributed by atoms with Gasteiger partial charge in [-0.2, -0.15) is 0 Å². The molecular weight excluding hydrogens is 386 g/mol. The fourth-order valence-corrected chi connectivity index (χ4v) is 6.26. The van der Waals surface area contributed by atoms with E-state index in [0.29, 0.717) is 23.9 Å². The quantitative estimate of drug-likeness (QED) is 0.558. The Labute approximate surface area is 185 Å². The zero-order valence-corrected chi connectivity index (χ0v) is 19.2. The minimum atomic E-state index is -0.270. The van der Waals surface area contributed by atoms with Gasteiger partial charge in [0.15, 0.2) is 11.5 Å². The van der Waals surface area contributed by atoms with Gasteiger partial charge in [0.05, 0.1) is 0 Å². The van der Waals surface area contributed by atoms with Gasteiger partial charge in [-0.05, 0) is 83.2 Å². The van der Waals surface area contributed by atoms with Crippen molar-refractivity contribution in [2.75, 3.05) is 6.54 Å². The average Bonchev–Trinajstić information content (AvgIpc) is 2.73. The Morgan fingerprint density at radius 3 is 2.58 bits per heavy atom. The lowest BCUT2D eigenvalue weighted by atomic mass is 9.49. The molecule has 0 saturated heterocycles. The van der Waals surface area contributed by atoms with Crippen molar-refractivity contribution in [1.82, 2.24) is 5.32 Å². The minimum Gasteiger partial charge on any atom is -0.504 e. The van der Waals surface area contributed by atoms with E-state index < -0.39 is 0 Å². The number of benzene rings is 2. The lowest BCUT2D eigenvalue weighted by Crippen LogP contribution is -2.53. The van der Waals surface area contributed by atoms with E-state index in [2.05, 4.69) is 51.2 Å². The summed E-state index contributed by atoms with van der Waals surface area (Å²) in [6.45, 7) is 9.89. The second-order valence-electron chi connectivity index (χ2n) is 10.5. The summed E-state index contributed by atoms with van der Waals surface area (Å²) in [5, 5.41) is 22.3. The Bertz CT molecular complexity index is 998. The number of hydrogen-bond donors (Lipinski definition) is 3. The van der Waals surface area contributed by atoms with Gasteiger partial charge in [-0.3, -0.25) is 4.79 Å². The van der Waals surface area contributed by atoms with Crippen LogP contribution >= 0.6 is 0 Å². The average molecular weight is 422 g/mol. The molecule has 0 aliphatic heterocycles. The molecule has 4 nitrogen and oxygen atoms in total. The number of carbonyl (C=O) groups is 1. The normalized spacial score (nSPS) is 27.5. The highest BCUT2D eigenvalue weighted by molar-refractivity contribution is 5.94. The number of hydrogen-bond acceptors (Lipinski definition) is 3. The van der Waals surface area contributed by atoms with E-state index in [1.165, 1.54) is 35.2 Å². The maximum absolute atomic E-state index is 12.7. The number of nitrogens with one attached hydrogen (secondary N) is 1. The Hall–Kier alpha value is -2.49. The highest BCUT2D eigenvalue weighted by Gasteiger charge is 2.51. The molecule has 166 valence electrons. The first-order valence-electron chi connectivity index (χ1n) is 11.6. The number of amides is 1. The van der Waals surface area contributed by atoms with Gasteiger partial charge in [0.1, 0.15) is 0 Å². The maximum atomic E-state index is 12.7. The summed E-state index contributed by atoms with van der Waals surface area (Å²) in [6, 6.07) is 11.3. The van der Waals surface area contributed by atoms with Gasteiger partial charge in [0, 0.05) is 12.1 Å². The molecule has 0 unspecified atom stereocenters. The molecule has 0 aromatic heterocycles. The zero-order valence-electron chi connectivity index (χ0n) is 19.2. The van der Waals surface area contributed by atoms with Gasteiger partial charge in [0.25, 0.3) is 5.91 Å². The van der Waals surface area contributed by atoms with Crippen LogP contribution in [0.5, 0.6) is 11.5 Å². The summed E-state index contributed by atoms with van der Waals surface area (Å²) in [4.78, 5) is 12.7. The van der Waals surface area contributed by atoms with E-state index in [1.807, 2.05) is 0 Å². The Morgan fingerprint density at radius 1 is 1.10 bits per heavy atom. The molecule has 31 heavy (non-hydrogen) atoms. The third kappa shape index (κ3) is 3.81. The molecule has 0 radical (unpaired) electrons. The Morgan fingerprint density at radius 2 is 1.87 bits per heavy atom. The molecular formula is C27H35NO3. The van der Waals surface area contributed by atoms with E-state index in [4.69, 9.17) is 0 Å². The summed E-state index contributed by atoms with van der Waals surface area (Å²) in [5.41, 5.74) is 4.97. The molecule has 3 N–H and O–H groups in total. The van der Waals surface area contributed by atoms with Crippen LogP contribution in [0.15, 0.2) is 36.4 Å². The second kappa shape index (κ2) is 7.89. The topological polar surface area (TPSA) is 69.6 Å². The molecule has 1 amide bonds. The van der Waals surface area contributed by atoms with Crippen LogP contribution in [0.2, 0.25) is 0 Å². The van der Waals surface area contributed by atoms with Gasteiger partial charge >= 0.3 is 0 Å². The van der Waals surface area contributed by atoms with Crippen molar-refractivity contribution in [2.24, 2.45) is 11.3 Å². The van der Waals surface area contributed by atoms with Crippen molar-refractivity contribution in [3.8, 4) is 11.5 Å². The largest absolute Gasteiger partial charge is 0.504 e.